The van der Waals surface area contributed by atoms with Crippen molar-refractivity contribution >= 4 is 34.4 Å². The number of primary amides is 1. The summed E-state index contributed by atoms with van der Waals surface area (Å²) in [5.41, 5.74) is 6.84. The second-order valence-corrected chi connectivity index (χ2v) is 7.41. The minimum absolute atomic E-state index is 0.0506. The van der Waals surface area contributed by atoms with Crippen molar-refractivity contribution in [2.45, 2.75) is 18.1 Å². The predicted octanol–water partition coefficient (Wildman–Crippen LogP) is 2.88. The van der Waals surface area contributed by atoms with Crippen molar-refractivity contribution in [2.75, 3.05) is 13.7 Å². The Morgan fingerprint density at radius 1 is 1.21 bits per heavy atom. The molecular formula is C20H20FN3O3S. The third-order valence-corrected chi connectivity index (χ3v) is 5.42. The number of hydrogen-bond acceptors (Lipinski definition) is 5. The second kappa shape index (κ2) is 8.88. The summed E-state index contributed by atoms with van der Waals surface area (Å²) in [4.78, 5) is 30.1. The number of amidine groups is 1. The summed E-state index contributed by atoms with van der Waals surface area (Å²) in [6.45, 7) is 0.410. The number of ether oxygens (including phenoxy) is 1. The minimum atomic E-state index is -0.590. The van der Waals surface area contributed by atoms with E-state index in [-0.39, 0.29) is 18.1 Å². The van der Waals surface area contributed by atoms with Gasteiger partial charge in [0.2, 0.25) is 11.8 Å². The van der Waals surface area contributed by atoms with Gasteiger partial charge in [-0.15, -0.1) is 0 Å². The molecule has 0 saturated carbocycles. The summed E-state index contributed by atoms with van der Waals surface area (Å²) in [6, 6.07) is 13.3. The van der Waals surface area contributed by atoms with E-state index >= 15 is 0 Å². The maximum absolute atomic E-state index is 13.1. The molecule has 146 valence electrons. The van der Waals surface area contributed by atoms with Crippen LogP contribution in [-0.4, -0.2) is 40.8 Å². The largest absolute Gasteiger partial charge is 0.497 e. The topological polar surface area (TPSA) is 85.0 Å². The number of carbonyl (C=O) groups excluding carboxylic acids is 2. The molecule has 2 N–H and O–H groups in total. The Morgan fingerprint density at radius 2 is 1.89 bits per heavy atom. The molecule has 1 aliphatic heterocycles. The fourth-order valence-electron chi connectivity index (χ4n) is 2.77. The first kappa shape index (κ1) is 19.9. The molecule has 1 saturated heterocycles. The highest BCUT2D eigenvalue weighted by Crippen LogP contribution is 2.31. The summed E-state index contributed by atoms with van der Waals surface area (Å²) < 4.78 is 18.3. The second-order valence-electron chi connectivity index (χ2n) is 6.24. The number of aliphatic imine (C=N–C) groups is 1. The molecule has 2 aromatic carbocycles. The number of hydrogen-bond donors (Lipinski definition) is 1. The van der Waals surface area contributed by atoms with Crippen molar-refractivity contribution in [3.63, 3.8) is 0 Å². The van der Waals surface area contributed by atoms with Gasteiger partial charge in [-0.1, -0.05) is 23.9 Å². The van der Waals surface area contributed by atoms with Crippen LogP contribution in [0.4, 0.5) is 10.1 Å². The number of nitrogens with two attached hydrogens (primary N) is 1. The van der Waals surface area contributed by atoms with Crippen molar-refractivity contribution in [1.82, 2.24) is 4.90 Å². The van der Waals surface area contributed by atoms with Crippen LogP contribution in [0.2, 0.25) is 0 Å². The lowest BCUT2D eigenvalue weighted by molar-refractivity contribution is -0.128. The normalized spacial score (nSPS) is 17.9. The van der Waals surface area contributed by atoms with Crippen LogP contribution in [-0.2, 0) is 16.0 Å². The molecular weight excluding hydrogens is 381 g/mol. The molecule has 1 fully saturated rings. The van der Waals surface area contributed by atoms with Crippen LogP contribution < -0.4 is 10.5 Å². The number of carbonyl (C=O) groups is 2. The number of halogens is 1. The molecule has 2 amide bonds. The smallest absolute Gasteiger partial charge is 0.242 e. The van der Waals surface area contributed by atoms with E-state index in [0.717, 1.165) is 11.3 Å². The van der Waals surface area contributed by atoms with Gasteiger partial charge >= 0.3 is 0 Å². The van der Waals surface area contributed by atoms with Gasteiger partial charge in [-0.05, 0) is 48.4 Å². The molecule has 6 nitrogen and oxygen atoms in total. The Morgan fingerprint density at radius 3 is 2.50 bits per heavy atom. The first-order chi connectivity index (χ1) is 13.5. The van der Waals surface area contributed by atoms with Crippen molar-refractivity contribution in [2.24, 2.45) is 10.7 Å². The first-order valence-electron chi connectivity index (χ1n) is 8.70. The summed E-state index contributed by atoms with van der Waals surface area (Å²) in [5, 5.41) is -0.107. The van der Waals surface area contributed by atoms with Crippen molar-refractivity contribution in [1.29, 1.82) is 0 Å². The molecule has 0 aliphatic carbocycles. The van der Waals surface area contributed by atoms with Crippen molar-refractivity contribution < 1.29 is 18.7 Å². The van der Waals surface area contributed by atoms with E-state index in [9.17, 15) is 14.0 Å². The molecule has 2 aromatic rings. The van der Waals surface area contributed by atoms with Crippen LogP contribution in [0.15, 0.2) is 53.5 Å². The molecule has 1 heterocycles. The highest BCUT2D eigenvalue weighted by atomic mass is 32.2. The predicted molar refractivity (Wildman–Crippen MR) is 107 cm³/mol. The number of amides is 2. The van der Waals surface area contributed by atoms with E-state index in [0.29, 0.717) is 23.8 Å². The van der Waals surface area contributed by atoms with E-state index in [4.69, 9.17) is 10.5 Å². The number of methoxy groups -OCH3 is 1. The molecule has 0 aromatic heterocycles. The lowest BCUT2D eigenvalue weighted by Gasteiger charge is -2.16. The monoisotopic (exact) mass is 401 g/mol. The SMILES string of the molecule is COc1ccc(CCN2C(=O)C(CC(N)=O)SC2=Nc2ccc(F)cc2)cc1. The van der Waals surface area contributed by atoms with Crippen LogP contribution in [0.25, 0.3) is 0 Å². The van der Waals surface area contributed by atoms with Crippen LogP contribution in [0, 0.1) is 5.82 Å². The van der Waals surface area contributed by atoms with E-state index in [1.165, 1.54) is 36.0 Å². The van der Waals surface area contributed by atoms with Crippen LogP contribution >= 0.6 is 11.8 Å². The Bertz CT molecular complexity index is 885. The Hall–Kier alpha value is -2.87. The number of benzene rings is 2. The molecule has 1 atom stereocenters. The maximum Gasteiger partial charge on any atom is 0.242 e. The van der Waals surface area contributed by atoms with Gasteiger partial charge in [-0.25, -0.2) is 9.38 Å². The Balaban J connectivity index is 1.79. The zero-order chi connectivity index (χ0) is 20.1. The highest BCUT2D eigenvalue weighted by molar-refractivity contribution is 8.15. The highest BCUT2D eigenvalue weighted by Gasteiger charge is 2.38. The van der Waals surface area contributed by atoms with E-state index < -0.39 is 11.2 Å². The molecule has 1 unspecified atom stereocenters. The molecule has 28 heavy (non-hydrogen) atoms. The van der Waals surface area contributed by atoms with E-state index in [1.807, 2.05) is 24.3 Å². The van der Waals surface area contributed by atoms with Crippen LogP contribution in [0.5, 0.6) is 5.75 Å². The number of nitrogens with zero attached hydrogens (tertiary/aromatic N) is 2. The Kier molecular flexibility index (Phi) is 6.30. The van der Waals surface area contributed by atoms with E-state index in [2.05, 4.69) is 4.99 Å². The van der Waals surface area contributed by atoms with Crippen LogP contribution in [0.3, 0.4) is 0 Å². The first-order valence-corrected chi connectivity index (χ1v) is 9.58. The van der Waals surface area contributed by atoms with Gasteiger partial charge in [0.05, 0.1) is 12.8 Å². The average Bonchev–Trinajstić information content (AvgIpc) is 2.96. The standard InChI is InChI=1S/C20H20FN3O3S/c1-27-16-8-2-13(3-9-16)10-11-24-19(26)17(12-18(22)25)28-20(24)23-15-6-4-14(21)5-7-15/h2-9,17H,10-12H2,1H3,(H2,22,25). The summed E-state index contributed by atoms with van der Waals surface area (Å²) >= 11 is 1.21. The van der Waals surface area contributed by atoms with Gasteiger partial charge in [-0.2, -0.15) is 0 Å². The Labute approximate surface area is 166 Å². The van der Waals surface area contributed by atoms with Gasteiger partial charge in [0.1, 0.15) is 16.8 Å². The third kappa shape index (κ3) is 4.89. The lowest BCUT2D eigenvalue weighted by Crippen LogP contribution is -2.35. The fourth-order valence-corrected chi connectivity index (χ4v) is 3.97. The molecule has 1 aliphatic rings. The molecule has 0 radical (unpaired) electrons. The van der Waals surface area contributed by atoms with Gasteiger partial charge < -0.3 is 10.5 Å². The minimum Gasteiger partial charge on any atom is -0.497 e. The zero-order valence-electron chi connectivity index (χ0n) is 15.3. The quantitative estimate of drug-likeness (QED) is 0.773. The number of thioether (sulfide) groups is 1. The third-order valence-electron chi connectivity index (χ3n) is 4.24. The summed E-state index contributed by atoms with van der Waals surface area (Å²) in [5.74, 6) is -0.333. The lowest BCUT2D eigenvalue weighted by atomic mass is 10.1. The summed E-state index contributed by atoms with van der Waals surface area (Å²) in [7, 11) is 1.60. The van der Waals surface area contributed by atoms with Crippen molar-refractivity contribution in [3.05, 3.63) is 59.9 Å². The summed E-state index contributed by atoms with van der Waals surface area (Å²) in [6.07, 6.45) is 0.562. The average molecular weight is 401 g/mol. The van der Waals surface area contributed by atoms with Gasteiger partial charge in [0.25, 0.3) is 0 Å². The molecule has 0 spiro atoms. The molecule has 3 rings (SSSR count). The fraction of sp³-hybridized carbons (Fsp3) is 0.250. The van der Waals surface area contributed by atoms with Crippen molar-refractivity contribution in [3.8, 4) is 5.75 Å². The molecule has 8 heteroatoms. The van der Waals surface area contributed by atoms with Gasteiger partial charge in [0, 0.05) is 13.0 Å². The van der Waals surface area contributed by atoms with Gasteiger partial charge in [0.15, 0.2) is 5.17 Å². The molecule has 0 bridgehead atoms. The number of rotatable bonds is 7. The van der Waals surface area contributed by atoms with E-state index in [1.54, 1.807) is 12.0 Å². The van der Waals surface area contributed by atoms with Gasteiger partial charge in [-0.3, -0.25) is 14.5 Å². The maximum atomic E-state index is 13.1. The van der Waals surface area contributed by atoms with Crippen LogP contribution in [0.1, 0.15) is 12.0 Å². The zero-order valence-corrected chi connectivity index (χ0v) is 16.1.